The van der Waals surface area contributed by atoms with Crippen molar-refractivity contribution in [1.29, 1.82) is 0 Å². The summed E-state index contributed by atoms with van der Waals surface area (Å²) in [7, 11) is 1.73. The lowest BCUT2D eigenvalue weighted by Gasteiger charge is -2.25. The number of halogens is 2. The first-order chi connectivity index (χ1) is 8.81. The van der Waals surface area contributed by atoms with Crippen LogP contribution in [0.3, 0.4) is 0 Å². The molecule has 1 atom stereocenters. The van der Waals surface area contributed by atoms with Crippen molar-refractivity contribution >= 4 is 11.6 Å². The third-order valence-electron chi connectivity index (χ3n) is 2.83. The second-order valence-corrected chi connectivity index (χ2v) is 4.75. The lowest BCUT2D eigenvalue weighted by molar-refractivity contribution is -0.131. The maximum absolute atomic E-state index is 12.2. The number of aromatic nitrogens is 2. The van der Waals surface area contributed by atoms with Gasteiger partial charge in [0.25, 0.3) is 6.43 Å². The number of anilines is 1. The van der Waals surface area contributed by atoms with Crippen molar-refractivity contribution in [3.8, 4) is 0 Å². The Morgan fingerprint density at radius 1 is 1.47 bits per heavy atom. The van der Waals surface area contributed by atoms with Gasteiger partial charge in [-0.05, 0) is 20.8 Å². The minimum atomic E-state index is -2.45. The molecule has 0 spiro atoms. The van der Waals surface area contributed by atoms with Gasteiger partial charge in [0.1, 0.15) is 12.6 Å². The second-order valence-electron chi connectivity index (χ2n) is 4.75. The van der Waals surface area contributed by atoms with E-state index in [1.54, 1.807) is 18.9 Å². The fourth-order valence-electron chi connectivity index (χ4n) is 1.55. The molecule has 1 amide bonds. The molecule has 0 bridgehead atoms. The Kier molecular flexibility index (Phi) is 5.26. The van der Waals surface area contributed by atoms with Crippen molar-refractivity contribution in [2.75, 3.05) is 12.4 Å². The minimum Gasteiger partial charge on any atom is -0.371 e. The highest BCUT2D eigenvalue weighted by Gasteiger charge is 2.19. The van der Waals surface area contributed by atoms with Crippen LogP contribution in [0.25, 0.3) is 0 Å². The number of hydrogen-bond donors (Lipinski definition) is 1. The molecular weight excluding hydrogens is 254 g/mol. The number of nitrogens with one attached hydrogen (secondary N) is 1. The number of nitrogens with zero attached hydrogens (tertiary/aromatic N) is 3. The minimum absolute atomic E-state index is 0.0587. The highest BCUT2D eigenvalue weighted by Crippen LogP contribution is 2.10. The molecule has 0 fully saturated rings. The first kappa shape index (κ1) is 15.4. The molecule has 0 aliphatic carbocycles. The van der Waals surface area contributed by atoms with E-state index in [2.05, 4.69) is 10.4 Å². The first-order valence-electron chi connectivity index (χ1n) is 6.15. The highest BCUT2D eigenvalue weighted by molar-refractivity contribution is 5.84. The maximum Gasteiger partial charge on any atom is 0.257 e. The van der Waals surface area contributed by atoms with E-state index in [0.29, 0.717) is 5.69 Å². The lowest BCUT2D eigenvalue weighted by Crippen LogP contribution is -2.42. The standard InChI is InChI=1S/C12H20F2N4O/c1-8(2)17(4)12(19)9(3)16-10-5-15-18(6-10)7-11(13)14/h5-6,8-9,11,16H,7H2,1-4H3/t9-/m0/s1. The van der Waals surface area contributed by atoms with Crippen molar-refractivity contribution in [1.82, 2.24) is 14.7 Å². The molecule has 108 valence electrons. The van der Waals surface area contributed by atoms with Gasteiger partial charge in [-0.15, -0.1) is 0 Å². The lowest BCUT2D eigenvalue weighted by atomic mass is 10.2. The summed E-state index contributed by atoms with van der Waals surface area (Å²) in [6, 6.07) is -0.324. The molecule has 1 heterocycles. The number of carbonyl (C=O) groups excluding carboxylic acids is 1. The van der Waals surface area contributed by atoms with E-state index in [-0.39, 0.29) is 11.9 Å². The van der Waals surface area contributed by atoms with Crippen LogP contribution in [0, 0.1) is 0 Å². The third-order valence-corrected chi connectivity index (χ3v) is 2.83. The van der Waals surface area contributed by atoms with Crippen LogP contribution < -0.4 is 5.32 Å². The highest BCUT2D eigenvalue weighted by atomic mass is 19.3. The number of likely N-dealkylation sites (N-methyl/N-ethyl adjacent to an activating group) is 1. The van der Waals surface area contributed by atoms with Crippen molar-refractivity contribution in [2.24, 2.45) is 0 Å². The van der Waals surface area contributed by atoms with Crippen LogP contribution in [0.5, 0.6) is 0 Å². The number of rotatable bonds is 6. The molecule has 0 aliphatic heterocycles. The number of hydrogen-bond acceptors (Lipinski definition) is 3. The van der Waals surface area contributed by atoms with Crippen molar-refractivity contribution < 1.29 is 13.6 Å². The number of amides is 1. The summed E-state index contributed by atoms with van der Waals surface area (Å²) in [5.41, 5.74) is 0.554. The molecule has 0 aliphatic rings. The Morgan fingerprint density at radius 2 is 2.11 bits per heavy atom. The molecule has 1 rings (SSSR count). The van der Waals surface area contributed by atoms with Gasteiger partial charge in [0, 0.05) is 19.3 Å². The molecule has 1 aromatic heterocycles. The van der Waals surface area contributed by atoms with E-state index >= 15 is 0 Å². The quantitative estimate of drug-likeness (QED) is 0.860. The van der Waals surface area contributed by atoms with E-state index < -0.39 is 19.0 Å². The van der Waals surface area contributed by atoms with Crippen LogP contribution >= 0.6 is 0 Å². The van der Waals surface area contributed by atoms with Crippen LogP contribution in [0.1, 0.15) is 20.8 Å². The van der Waals surface area contributed by atoms with Crippen LogP contribution in [0.4, 0.5) is 14.5 Å². The zero-order chi connectivity index (χ0) is 14.6. The van der Waals surface area contributed by atoms with Gasteiger partial charge in [-0.3, -0.25) is 9.48 Å². The van der Waals surface area contributed by atoms with Gasteiger partial charge in [-0.2, -0.15) is 5.10 Å². The molecule has 0 saturated heterocycles. The molecule has 5 nitrogen and oxygen atoms in total. The van der Waals surface area contributed by atoms with Crippen LogP contribution in [-0.2, 0) is 11.3 Å². The average molecular weight is 274 g/mol. The topological polar surface area (TPSA) is 50.2 Å². The summed E-state index contributed by atoms with van der Waals surface area (Å²) in [6.45, 7) is 5.12. The summed E-state index contributed by atoms with van der Waals surface area (Å²) in [5.74, 6) is -0.0587. The van der Waals surface area contributed by atoms with Crippen LogP contribution in [0.2, 0.25) is 0 Å². The van der Waals surface area contributed by atoms with Crippen LogP contribution in [-0.4, -0.2) is 46.1 Å². The van der Waals surface area contributed by atoms with E-state index in [4.69, 9.17) is 0 Å². The Hall–Kier alpha value is -1.66. The van der Waals surface area contributed by atoms with Gasteiger partial charge in [0.2, 0.25) is 5.91 Å². The predicted molar refractivity (Wildman–Crippen MR) is 69.2 cm³/mol. The molecule has 0 unspecified atom stereocenters. The predicted octanol–water partition coefficient (Wildman–Crippen LogP) is 1.82. The van der Waals surface area contributed by atoms with Crippen molar-refractivity contribution in [3.05, 3.63) is 12.4 Å². The largest absolute Gasteiger partial charge is 0.371 e. The molecule has 7 heteroatoms. The van der Waals surface area contributed by atoms with Gasteiger partial charge in [-0.25, -0.2) is 8.78 Å². The smallest absolute Gasteiger partial charge is 0.257 e. The van der Waals surface area contributed by atoms with Gasteiger partial charge in [-0.1, -0.05) is 0 Å². The molecule has 19 heavy (non-hydrogen) atoms. The molecular formula is C12H20F2N4O. The number of carbonyl (C=O) groups is 1. The summed E-state index contributed by atoms with van der Waals surface area (Å²) in [5, 5.41) is 6.75. The normalized spacial score (nSPS) is 12.8. The first-order valence-corrected chi connectivity index (χ1v) is 6.15. The average Bonchev–Trinajstić information content (AvgIpc) is 2.73. The third kappa shape index (κ3) is 4.50. The van der Waals surface area contributed by atoms with Gasteiger partial charge < -0.3 is 10.2 Å². The zero-order valence-corrected chi connectivity index (χ0v) is 11.6. The SMILES string of the molecule is CC(C)N(C)C(=O)[C@H](C)Nc1cnn(CC(F)F)c1. The summed E-state index contributed by atoms with van der Waals surface area (Å²) < 4.78 is 25.5. The number of alkyl halides is 2. The van der Waals surface area contributed by atoms with Gasteiger partial charge in [0.05, 0.1) is 11.9 Å². The Morgan fingerprint density at radius 3 is 2.63 bits per heavy atom. The van der Waals surface area contributed by atoms with Gasteiger partial charge >= 0.3 is 0 Å². The molecule has 0 aromatic carbocycles. The second kappa shape index (κ2) is 6.49. The fraction of sp³-hybridized carbons (Fsp3) is 0.667. The molecule has 0 saturated carbocycles. The monoisotopic (exact) mass is 274 g/mol. The van der Waals surface area contributed by atoms with E-state index in [0.717, 1.165) is 4.68 Å². The molecule has 1 aromatic rings. The van der Waals surface area contributed by atoms with E-state index in [9.17, 15) is 13.6 Å². The maximum atomic E-state index is 12.2. The van der Waals surface area contributed by atoms with E-state index in [1.165, 1.54) is 12.4 Å². The fourth-order valence-corrected chi connectivity index (χ4v) is 1.55. The summed E-state index contributed by atoms with van der Waals surface area (Å²) in [4.78, 5) is 13.6. The van der Waals surface area contributed by atoms with Gasteiger partial charge in [0.15, 0.2) is 0 Å². The Balaban J connectivity index is 2.59. The summed E-state index contributed by atoms with van der Waals surface area (Å²) in [6.07, 6.45) is 0.450. The zero-order valence-electron chi connectivity index (χ0n) is 11.6. The Bertz CT molecular complexity index is 420. The Labute approximate surface area is 111 Å². The molecule has 1 N–H and O–H groups in total. The molecule has 0 radical (unpaired) electrons. The van der Waals surface area contributed by atoms with Crippen LogP contribution in [0.15, 0.2) is 12.4 Å². The van der Waals surface area contributed by atoms with Crippen molar-refractivity contribution in [3.63, 3.8) is 0 Å². The summed E-state index contributed by atoms with van der Waals surface area (Å²) >= 11 is 0. The van der Waals surface area contributed by atoms with E-state index in [1.807, 2.05) is 13.8 Å². The van der Waals surface area contributed by atoms with Crippen molar-refractivity contribution in [2.45, 2.75) is 45.8 Å².